The standard InChI is InChI=1S/C26H33F3N4O4S/c1-19(2)33-14-13-30-25(33)21-11-9-20(10-12-21)17-31(3)24(34)18-37-16-15-32(4)38(35,36)23-8-6-5-7-22(23)26(27,28)29/h5-12,19H,13-18H2,1-4H3. The molecule has 0 unspecified atom stereocenters. The first-order valence-corrected chi connectivity index (χ1v) is 13.6. The van der Waals surface area contributed by atoms with E-state index in [1.54, 1.807) is 7.05 Å². The zero-order chi connectivity index (χ0) is 28.1. The summed E-state index contributed by atoms with van der Waals surface area (Å²) in [6, 6.07) is 12.2. The van der Waals surface area contributed by atoms with Gasteiger partial charge >= 0.3 is 6.18 Å². The van der Waals surface area contributed by atoms with Gasteiger partial charge in [0.05, 0.1) is 23.6 Å². The van der Waals surface area contributed by atoms with Crippen molar-refractivity contribution in [1.82, 2.24) is 14.1 Å². The van der Waals surface area contributed by atoms with Gasteiger partial charge in [-0.1, -0.05) is 36.4 Å². The summed E-state index contributed by atoms with van der Waals surface area (Å²) in [7, 11) is -1.60. The number of benzene rings is 2. The Balaban J connectivity index is 1.48. The number of aliphatic imine (C=N–C) groups is 1. The molecule has 0 aliphatic carbocycles. The van der Waals surface area contributed by atoms with Crippen molar-refractivity contribution in [1.29, 1.82) is 0 Å². The highest BCUT2D eigenvalue weighted by Gasteiger charge is 2.38. The highest BCUT2D eigenvalue weighted by Crippen LogP contribution is 2.34. The molecule has 2 aromatic carbocycles. The molecule has 2 aromatic rings. The molecule has 208 valence electrons. The van der Waals surface area contributed by atoms with Gasteiger partial charge in [0.25, 0.3) is 0 Å². The first kappa shape index (κ1) is 29.6. The van der Waals surface area contributed by atoms with Crippen LogP contribution in [-0.2, 0) is 32.3 Å². The van der Waals surface area contributed by atoms with Crippen LogP contribution in [0.1, 0.15) is 30.5 Å². The van der Waals surface area contributed by atoms with E-state index in [1.165, 1.54) is 18.0 Å². The van der Waals surface area contributed by atoms with Gasteiger partial charge in [-0.25, -0.2) is 8.42 Å². The SMILES string of the molecule is CC(C)N1CCN=C1c1ccc(CN(C)C(=O)COCCN(C)S(=O)(=O)c2ccccc2C(F)(F)F)cc1. The van der Waals surface area contributed by atoms with Gasteiger partial charge in [0.1, 0.15) is 12.4 Å². The molecule has 0 atom stereocenters. The minimum absolute atomic E-state index is 0.160. The van der Waals surface area contributed by atoms with Gasteiger partial charge in [0.15, 0.2) is 0 Å². The highest BCUT2D eigenvalue weighted by atomic mass is 32.2. The summed E-state index contributed by atoms with van der Waals surface area (Å²) in [6.45, 7) is 5.61. The Bertz CT molecular complexity index is 1250. The van der Waals surface area contributed by atoms with Crippen molar-refractivity contribution in [3.63, 3.8) is 0 Å². The van der Waals surface area contributed by atoms with Gasteiger partial charge in [0, 0.05) is 45.3 Å². The van der Waals surface area contributed by atoms with Gasteiger partial charge in [-0.05, 0) is 31.5 Å². The van der Waals surface area contributed by atoms with E-state index in [1.807, 2.05) is 24.3 Å². The van der Waals surface area contributed by atoms with Crippen LogP contribution in [0, 0.1) is 0 Å². The van der Waals surface area contributed by atoms with E-state index >= 15 is 0 Å². The maximum absolute atomic E-state index is 13.2. The normalized spacial score (nSPS) is 14.3. The van der Waals surface area contributed by atoms with Crippen LogP contribution >= 0.6 is 0 Å². The van der Waals surface area contributed by atoms with Crippen molar-refractivity contribution < 1.29 is 31.1 Å². The molecule has 38 heavy (non-hydrogen) atoms. The minimum Gasteiger partial charge on any atom is -0.370 e. The van der Waals surface area contributed by atoms with E-state index < -0.39 is 26.7 Å². The fourth-order valence-corrected chi connectivity index (χ4v) is 5.38. The molecule has 12 heteroatoms. The quantitative estimate of drug-likeness (QED) is 0.398. The van der Waals surface area contributed by atoms with E-state index in [4.69, 9.17) is 4.74 Å². The van der Waals surface area contributed by atoms with Crippen molar-refractivity contribution in [2.75, 3.05) is 46.9 Å². The summed E-state index contributed by atoms with van der Waals surface area (Å²) in [5, 5.41) is 0. The number of carbonyl (C=O) groups excluding carboxylic acids is 1. The number of halogens is 3. The van der Waals surface area contributed by atoms with Crippen LogP contribution < -0.4 is 0 Å². The lowest BCUT2D eigenvalue weighted by Gasteiger charge is -2.25. The largest absolute Gasteiger partial charge is 0.417 e. The number of nitrogens with zero attached hydrogens (tertiary/aromatic N) is 4. The van der Waals surface area contributed by atoms with Crippen molar-refractivity contribution in [2.45, 2.75) is 37.5 Å². The number of amides is 1. The van der Waals surface area contributed by atoms with Crippen LogP contribution in [0.2, 0.25) is 0 Å². The second-order valence-corrected chi connectivity index (χ2v) is 11.3. The first-order valence-electron chi connectivity index (χ1n) is 12.2. The molecule has 0 saturated carbocycles. The summed E-state index contributed by atoms with van der Waals surface area (Å²) in [6.07, 6.45) is -4.81. The first-order chi connectivity index (χ1) is 17.8. The predicted octanol–water partition coefficient (Wildman–Crippen LogP) is 3.47. The molecule has 0 spiro atoms. The predicted molar refractivity (Wildman–Crippen MR) is 138 cm³/mol. The topological polar surface area (TPSA) is 82.5 Å². The Kier molecular flexibility index (Phi) is 9.55. The van der Waals surface area contributed by atoms with Gasteiger partial charge in [-0.2, -0.15) is 17.5 Å². The Morgan fingerprint density at radius 2 is 1.76 bits per heavy atom. The summed E-state index contributed by atoms with van der Waals surface area (Å²) >= 11 is 0. The number of hydrogen-bond donors (Lipinski definition) is 0. The number of carbonyl (C=O) groups is 1. The highest BCUT2D eigenvalue weighted by molar-refractivity contribution is 7.89. The van der Waals surface area contributed by atoms with Crippen LogP contribution in [0.5, 0.6) is 0 Å². The minimum atomic E-state index is -4.81. The fourth-order valence-electron chi connectivity index (χ4n) is 4.02. The number of alkyl halides is 3. The molecule has 3 rings (SSSR count). The number of amidine groups is 1. The van der Waals surface area contributed by atoms with Gasteiger partial charge in [0.2, 0.25) is 15.9 Å². The van der Waals surface area contributed by atoms with Crippen LogP contribution in [-0.4, -0.2) is 87.3 Å². The lowest BCUT2D eigenvalue weighted by Crippen LogP contribution is -2.34. The summed E-state index contributed by atoms with van der Waals surface area (Å²) in [5.41, 5.74) is 0.716. The van der Waals surface area contributed by atoms with Gasteiger partial charge in [-0.15, -0.1) is 0 Å². The molecule has 0 aromatic heterocycles. The molecule has 1 heterocycles. The smallest absolute Gasteiger partial charge is 0.370 e. The zero-order valence-corrected chi connectivity index (χ0v) is 22.7. The van der Waals surface area contributed by atoms with Crippen molar-refractivity contribution in [3.8, 4) is 0 Å². The van der Waals surface area contributed by atoms with Gasteiger partial charge < -0.3 is 14.5 Å². The van der Waals surface area contributed by atoms with E-state index in [-0.39, 0.29) is 25.7 Å². The molecule has 1 aliphatic rings. The summed E-state index contributed by atoms with van der Waals surface area (Å²) in [5.74, 6) is 0.659. The lowest BCUT2D eigenvalue weighted by atomic mass is 10.1. The monoisotopic (exact) mass is 554 g/mol. The molecule has 0 saturated heterocycles. The maximum Gasteiger partial charge on any atom is 0.417 e. The molecule has 0 N–H and O–H groups in total. The molecule has 1 aliphatic heterocycles. The Hall–Kier alpha value is -2.96. The zero-order valence-electron chi connectivity index (χ0n) is 21.9. The van der Waals surface area contributed by atoms with Crippen molar-refractivity contribution >= 4 is 21.8 Å². The third-order valence-electron chi connectivity index (χ3n) is 6.21. The molecule has 1 amide bonds. The molecule has 8 nitrogen and oxygen atoms in total. The van der Waals surface area contributed by atoms with Crippen LogP contribution in [0.3, 0.4) is 0 Å². The van der Waals surface area contributed by atoms with E-state index in [9.17, 15) is 26.4 Å². The maximum atomic E-state index is 13.2. The van der Waals surface area contributed by atoms with E-state index in [0.717, 1.165) is 52.6 Å². The number of rotatable bonds is 11. The number of hydrogen-bond acceptors (Lipinski definition) is 6. The Morgan fingerprint density at radius 1 is 1.11 bits per heavy atom. The second-order valence-electron chi connectivity index (χ2n) is 9.31. The van der Waals surface area contributed by atoms with E-state index in [0.29, 0.717) is 12.6 Å². The van der Waals surface area contributed by atoms with Crippen molar-refractivity contribution in [2.24, 2.45) is 4.99 Å². The number of ether oxygens (including phenoxy) is 1. The van der Waals surface area contributed by atoms with E-state index in [2.05, 4.69) is 23.7 Å². The van der Waals surface area contributed by atoms with Crippen LogP contribution in [0.4, 0.5) is 13.2 Å². The molecular weight excluding hydrogens is 521 g/mol. The number of sulfonamides is 1. The fraction of sp³-hybridized carbons (Fsp3) is 0.462. The average molecular weight is 555 g/mol. The average Bonchev–Trinajstić information content (AvgIpc) is 3.36. The van der Waals surface area contributed by atoms with Gasteiger partial charge in [-0.3, -0.25) is 9.79 Å². The third-order valence-corrected chi connectivity index (χ3v) is 8.13. The number of likely N-dealkylation sites (N-methyl/N-ethyl adjacent to an activating group) is 2. The molecule has 0 fully saturated rings. The lowest BCUT2D eigenvalue weighted by molar-refractivity contribution is -0.140. The third kappa shape index (κ3) is 7.12. The Morgan fingerprint density at radius 3 is 2.39 bits per heavy atom. The second kappa shape index (κ2) is 12.3. The molecule has 0 radical (unpaired) electrons. The van der Waals surface area contributed by atoms with Crippen LogP contribution in [0.25, 0.3) is 0 Å². The molecular formula is C26H33F3N4O4S. The Labute approximate surface area is 221 Å². The van der Waals surface area contributed by atoms with Crippen molar-refractivity contribution in [3.05, 3.63) is 65.2 Å². The molecule has 0 bridgehead atoms. The van der Waals surface area contributed by atoms with Crippen LogP contribution in [0.15, 0.2) is 58.4 Å². The summed E-state index contributed by atoms with van der Waals surface area (Å²) in [4.78, 5) is 20.0. The summed E-state index contributed by atoms with van der Waals surface area (Å²) < 4.78 is 71.2.